The lowest BCUT2D eigenvalue weighted by atomic mass is 9.65. The van der Waals surface area contributed by atoms with Gasteiger partial charge in [-0.15, -0.1) is 0 Å². The largest absolute Gasteiger partial charge is 0.465 e. The highest BCUT2D eigenvalue weighted by Crippen LogP contribution is 2.52. The SMILES string of the molecule is CCC1C(OC(=O)C(F)(F)S(=O)(=O)O)C2OS(=O)(=O)C(CC)C12. The van der Waals surface area contributed by atoms with E-state index in [4.69, 9.17) is 8.74 Å². The number of carbonyl (C=O) groups is 1. The van der Waals surface area contributed by atoms with Crippen LogP contribution in [0.5, 0.6) is 0 Å². The molecule has 12 heteroatoms. The smallest absolute Gasteiger partial charge is 0.454 e. The molecule has 0 spiro atoms. The molecule has 1 saturated carbocycles. The summed E-state index contributed by atoms with van der Waals surface area (Å²) in [4.78, 5) is 11.4. The lowest BCUT2D eigenvalue weighted by Crippen LogP contribution is -2.59. The Morgan fingerprint density at radius 1 is 1.30 bits per heavy atom. The quantitative estimate of drug-likeness (QED) is 0.418. The number of hydrogen-bond donors (Lipinski definition) is 1. The van der Waals surface area contributed by atoms with E-state index >= 15 is 0 Å². The first-order valence-electron chi connectivity index (χ1n) is 6.86. The maximum Gasteiger partial charge on any atom is 0.465 e. The predicted molar refractivity (Wildman–Crippen MR) is 71.5 cm³/mol. The normalized spacial score (nSPS) is 36.1. The number of ether oxygens (including phenoxy) is 1. The molecule has 0 aromatic rings. The lowest BCUT2D eigenvalue weighted by Gasteiger charge is -2.46. The van der Waals surface area contributed by atoms with E-state index in [-0.39, 0.29) is 6.42 Å². The maximum atomic E-state index is 13.2. The van der Waals surface area contributed by atoms with Gasteiger partial charge in [0.05, 0.1) is 5.25 Å². The van der Waals surface area contributed by atoms with E-state index in [0.29, 0.717) is 6.42 Å². The maximum absolute atomic E-state index is 13.2. The van der Waals surface area contributed by atoms with Gasteiger partial charge in [-0.3, -0.25) is 8.74 Å². The van der Waals surface area contributed by atoms with Crippen LogP contribution < -0.4 is 0 Å². The third kappa shape index (κ3) is 2.75. The third-order valence-corrected chi connectivity index (χ3v) is 7.04. The molecule has 1 N–H and O–H groups in total. The number of rotatable bonds is 5. The summed E-state index contributed by atoms with van der Waals surface area (Å²) in [5.74, 6) is -3.52. The van der Waals surface area contributed by atoms with Crippen LogP contribution in [-0.2, 0) is 34.0 Å². The predicted octanol–water partition coefficient (Wildman–Crippen LogP) is 0.542. The topological polar surface area (TPSA) is 124 Å². The molecular weight excluding hydrogens is 362 g/mol. The summed E-state index contributed by atoms with van der Waals surface area (Å²) in [6.45, 7) is 3.28. The van der Waals surface area contributed by atoms with Crippen LogP contribution in [0.2, 0.25) is 0 Å². The third-order valence-electron chi connectivity index (χ3n) is 4.34. The van der Waals surface area contributed by atoms with E-state index in [2.05, 4.69) is 4.74 Å². The fourth-order valence-corrected chi connectivity index (χ4v) is 5.34. The first-order valence-corrected chi connectivity index (χ1v) is 9.77. The number of hydrogen-bond acceptors (Lipinski definition) is 7. The van der Waals surface area contributed by atoms with Crippen molar-refractivity contribution >= 4 is 26.2 Å². The van der Waals surface area contributed by atoms with E-state index in [0.717, 1.165) is 0 Å². The highest BCUT2D eigenvalue weighted by molar-refractivity contribution is 7.88. The zero-order valence-electron chi connectivity index (χ0n) is 12.2. The second-order valence-corrected chi connectivity index (χ2v) is 8.76. The van der Waals surface area contributed by atoms with Gasteiger partial charge in [-0.25, -0.2) is 4.79 Å². The second-order valence-electron chi connectivity index (χ2n) is 5.51. The van der Waals surface area contributed by atoms with Crippen LogP contribution in [0.1, 0.15) is 26.7 Å². The van der Waals surface area contributed by atoms with E-state index in [1.165, 1.54) is 0 Å². The molecule has 23 heavy (non-hydrogen) atoms. The molecule has 2 aliphatic rings. The van der Waals surface area contributed by atoms with Crippen LogP contribution >= 0.6 is 0 Å². The van der Waals surface area contributed by atoms with Gasteiger partial charge in [0.2, 0.25) is 0 Å². The summed E-state index contributed by atoms with van der Waals surface area (Å²) in [5.41, 5.74) is 0. The van der Waals surface area contributed by atoms with Crippen molar-refractivity contribution in [1.29, 1.82) is 0 Å². The molecule has 1 aliphatic heterocycles. The van der Waals surface area contributed by atoms with Crippen molar-refractivity contribution in [1.82, 2.24) is 0 Å². The van der Waals surface area contributed by atoms with Crippen LogP contribution in [0.15, 0.2) is 0 Å². The molecule has 5 atom stereocenters. The van der Waals surface area contributed by atoms with E-state index in [9.17, 15) is 30.4 Å². The molecular formula is C11H16F2O8S2. The first kappa shape index (κ1) is 18.5. The Morgan fingerprint density at radius 3 is 2.30 bits per heavy atom. The van der Waals surface area contributed by atoms with Crippen molar-refractivity contribution in [2.75, 3.05) is 0 Å². The average Bonchev–Trinajstić information content (AvgIpc) is 2.64. The standard InChI is InChI=1S/C11H16F2O8S2/c1-3-5-7-6(4-2)22(15,16)21-9(7)8(5)20-10(14)11(12,13)23(17,18)19/h5-9H,3-4H2,1-2H3,(H,17,18,19). The van der Waals surface area contributed by atoms with Crippen LogP contribution in [0.3, 0.4) is 0 Å². The van der Waals surface area contributed by atoms with Crippen molar-refractivity contribution in [2.45, 2.75) is 49.4 Å². The molecule has 1 saturated heterocycles. The number of esters is 1. The number of alkyl halides is 2. The van der Waals surface area contributed by atoms with Crippen LogP contribution in [0.25, 0.3) is 0 Å². The summed E-state index contributed by atoms with van der Waals surface area (Å²) in [6.07, 6.45) is -1.85. The summed E-state index contributed by atoms with van der Waals surface area (Å²) in [7, 11) is -9.88. The van der Waals surface area contributed by atoms with Crippen LogP contribution in [0.4, 0.5) is 8.78 Å². The van der Waals surface area contributed by atoms with Crippen LogP contribution in [0, 0.1) is 11.8 Å². The Morgan fingerprint density at radius 2 is 1.87 bits per heavy atom. The zero-order chi connectivity index (χ0) is 17.8. The lowest BCUT2D eigenvalue weighted by molar-refractivity contribution is -0.197. The Hall–Kier alpha value is -0.850. The molecule has 134 valence electrons. The van der Waals surface area contributed by atoms with Gasteiger partial charge in [-0.1, -0.05) is 13.8 Å². The van der Waals surface area contributed by atoms with Gasteiger partial charge in [-0.2, -0.15) is 25.6 Å². The molecule has 1 heterocycles. The van der Waals surface area contributed by atoms with Crippen molar-refractivity contribution in [3.8, 4) is 0 Å². The van der Waals surface area contributed by atoms with Gasteiger partial charge in [0.15, 0.2) is 0 Å². The molecule has 1 aliphatic carbocycles. The van der Waals surface area contributed by atoms with Crippen molar-refractivity contribution < 1.29 is 43.9 Å². The molecule has 8 nitrogen and oxygen atoms in total. The number of fused-ring (bicyclic) bond motifs is 1. The first-order chi connectivity index (χ1) is 10.4. The van der Waals surface area contributed by atoms with Crippen LogP contribution in [-0.4, -0.2) is 50.1 Å². The number of halogens is 2. The fourth-order valence-electron chi connectivity index (χ4n) is 3.24. The highest BCUT2D eigenvalue weighted by Gasteiger charge is 2.66. The summed E-state index contributed by atoms with van der Waals surface area (Å²) < 4.78 is 89.0. The zero-order valence-corrected chi connectivity index (χ0v) is 13.8. The Bertz CT molecular complexity index is 702. The average molecular weight is 378 g/mol. The Kier molecular flexibility index (Phi) is 4.50. The minimum atomic E-state index is -5.98. The minimum absolute atomic E-state index is 0.252. The molecule has 0 amide bonds. The van der Waals surface area contributed by atoms with Crippen molar-refractivity contribution in [3.05, 3.63) is 0 Å². The molecule has 2 fully saturated rings. The van der Waals surface area contributed by atoms with Gasteiger partial charge in [0.25, 0.3) is 10.1 Å². The molecule has 0 radical (unpaired) electrons. The van der Waals surface area contributed by atoms with Gasteiger partial charge in [-0.05, 0) is 12.8 Å². The fraction of sp³-hybridized carbons (Fsp3) is 0.909. The summed E-state index contributed by atoms with van der Waals surface area (Å²) >= 11 is 0. The Labute approximate surface area is 132 Å². The van der Waals surface area contributed by atoms with E-state index < -0.39 is 60.8 Å². The van der Waals surface area contributed by atoms with E-state index in [1.807, 2.05) is 0 Å². The molecule has 0 aromatic heterocycles. The van der Waals surface area contributed by atoms with E-state index in [1.54, 1.807) is 13.8 Å². The molecule has 0 aromatic carbocycles. The molecule has 5 unspecified atom stereocenters. The molecule has 2 rings (SSSR count). The van der Waals surface area contributed by atoms with Gasteiger partial charge in [0.1, 0.15) is 12.2 Å². The van der Waals surface area contributed by atoms with Gasteiger partial charge >= 0.3 is 21.3 Å². The van der Waals surface area contributed by atoms with Gasteiger partial charge in [0, 0.05) is 11.8 Å². The number of carbonyl (C=O) groups excluding carboxylic acids is 1. The van der Waals surface area contributed by atoms with Crippen molar-refractivity contribution in [2.24, 2.45) is 11.8 Å². The van der Waals surface area contributed by atoms with Crippen molar-refractivity contribution in [3.63, 3.8) is 0 Å². The second kappa shape index (κ2) is 5.60. The monoisotopic (exact) mass is 378 g/mol. The summed E-state index contributed by atoms with van der Waals surface area (Å²) in [6, 6.07) is 0. The Balaban J connectivity index is 2.22. The highest BCUT2D eigenvalue weighted by atomic mass is 32.2. The minimum Gasteiger partial charge on any atom is -0.454 e. The van der Waals surface area contributed by atoms with Gasteiger partial charge < -0.3 is 4.74 Å². The molecule has 0 bridgehead atoms. The summed E-state index contributed by atoms with van der Waals surface area (Å²) in [5, 5.41) is -5.95.